The Morgan fingerprint density at radius 1 is 1.25 bits per heavy atom. The van der Waals surface area contributed by atoms with Crippen LogP contribution in [-0.4, -0.2) is 12.6 Å². The van der Waals surface area contributed by atoms with Gasteiger partial charge in [-0.3, -0.25) is 0 Å². The quantitative estimate of drug-likeness (QED) is 0.634. The fourth-order valence-electron chi connectivity index (χ4n) is 1.80. The van der Waals surface area contributed by atoms with Crippen LogP contribution in [0.4, 0.5) is 0 Å². The Morgan fingerprint density at radius 2 is 2.17 bits per heavy atom. The van der Waals surface area contributed by atoms with E-state index < -0.39 is 0 Å². The van der Waals surface area contributed by atoms with Gasteiger partial charge in [-0.05, 0) is 38.5 Å². The smallest absolute Gasteiger partial charge is 0.0167 e. The predicted octanol–water partition coefficient (Wildman–Crippen LogP) is 2.63. The number of rotatable bonds is 3. The van der Waals surface area contributed by atoms with Crippen molar-refractivity contribution >= 4 is 0 Å². The van der Waals surface area contributed by atoms with Crippen LogP contribution in [-0.2, 0) is 0 Å². The summed E-state index contributed by atoms with van der Waals surface area (Å²) in [6.45, 7) is 1.17. The van der Waals surface area contributed by atoms with Crippen molar-refractivity contribution in [2.45, 2.75) is 51.0 Å². The van der Waals surface area contributed by atoms with Crippen molar-refractivity contribution in [3.8, 4) is 0 Å². The first-order valence-electron chi connectivity index (χ1n) is 5.36. The van der Waals surface area contributed by atoms with Gasteiger partial charge in [-0.2, -0.15) is 0 Å². The van der Waals surface area contributed by atoms with Gasteiger partial charge in [-0.15, -0.1) is 0 Å². The van der Waals surface area contributed by atoms with Crippen LogP contribution in [0.25, 0.3) is 0 Å². The number of hydrogen-bond acceptors (Lipinski definition) is 1. The molecule has 0 aliphatic heterocycles. The summed E-state index contributed by atoms with van der Waals surface area (Å²) in [6, 6.07) is 0.870. The standard InChI is InChI=1S/C11H19N/c1-2-4-6-10(5-3-1)9-12-11-7-8-11/h5,11-12H,1-4,6-9H2. The molecule has 0 aromatic rings. The predicted molar refractivity (Wildman–Crippen MR) is 52.2 cm³/mol. The van der Waals surface area contributed by atoms with Gasteiger partial charge in [-0.1, -0.05) is 18.1 Å². The Bertz CT molecular complexity index is 168. The van der Waals surface area contributed by atoms with Gasteiger partial charge < -0.3 is 5.32 Å². The fraction of sp³-hybridized carbons (Fsp3) is 0.818. The van der Waals surface area contributed by atoms with E-state index in [1.807, 2.05) is 0 Å². The third kappa shape index (κ3) is 2.63. The molecule has 1 N–H and O–H groups in total. The Balaban J connectivity index is 1.71. The average molecular weight is 165 g/mol. The van der Waals surface area contributed by atoms with Crippen molar-refractivity contribution in [1.82, 2.24) is 5.32 Å². The van der Waals surface area contributed by atoms with E-state index in [0.29, 0.717) is 0 Å². The molecule has 0 spiro atoms. The molecule has 1 nitrogen and oxygen atoms in total. The van der Waals surface area contributed by atoms with Crippen LogP contribution in [0.1, 0.15) is 44.9 Å². The lowest BCUT2D eigenvalue weighted by molar-refractivity contribution is 0.679. The largest absolute Gasteiger partial charge is 0.310 e. The zero-order valence-corrected chi connectivity index (χ0v) is 7.81. The molecule has 2 rings (SSSR count). The first kappa shape index (κ1) is 8.31. The molecule has 1 fully saturated rings. The molecule has 12 heavy (non-hydrogen) atoms. The third-order valence-electron chi connectivity index (χ3n) is 2.83. The highest BCUT2D eigenvalue weighted by molar-refractivity contribution is 5.06. The summed E-state index contributed by atoms with van der Waals surface area (Å²) in [6.07, 6.45) is 12.2. The van der Waals surface area contributed by atoms with Gasteiger partial charge in [0.1, 0.15) is 0 Å². The molecule has 0 atom stereocenters. The molecule has 0 unspecified atom stereocenters. The first-order chi connectivity index (χ1) is 5.95. The Morgan fingerprint density at radius 3 is 3.00 bits per heavy atom. The van der Waals surface area contributed by atoms with Gasteiger partial charge in [0.25, 0.3) is 0 Å². The van der Waals surface area contributed by atoms with E-state index in [1.165, 1.54) is 51.5 Å². The van der Waals surface area contributed by atoms with E-state index >= 15 is 0 Å². The van der Waals surface area contributed by atoms with E-state index in [4.69, 9.17) is 0 Å². The van der Waals surface area contributed by atoms with Gasteiger partial charge in [0, 0.05) is 12.6 Å². The second-order valence-corrected chi connectivity index (χ2v) is 4.12. The van der Waals surface area contributed by atoms with Gasteiger partial charge >= 0.3 is 0 Å². The first-order valence-corrected chi connectivity index (χ1v) is 5.36. The molecule has 0 heterocycles. The maximum absolute atomic E-state index is 3.59. The molecule has 1 saturated carbocycles. The van der Waals surface area contributed by atoms with E-state index in [-0.39, 0.29) is 0 Å². The van der Waals surface area contributed by atoms with Crippen molar-refractivity contribution in [2.24, 2.45) is 0 Å². The highest BCUT2D eigenvalue weighted by atomic mass is 14.9. The van der Waals surface area contributed by atoms with Crippen LogP contribution in [0, 0.1) is 0 Å². The highest BCUT2D eigenvalue weighted by Gasteiger charge is 2.20. The van der Waals surface area contributed by atoms with Crippen LogP contribution in [0.2, 0.25) is 0 Å². The Labute approximate surface area is 75.2 Å². The van der Waals surface area contributed by atoms with E-state index in [0.717, 1.165) is 6.04 Å². The zero-order valence-electron chi connectivity index (χ0n) is 7.81. The molecular formula is C11H19N. The molecule has 0 radical (unpaired) electrons. The van der Waals surface area contributed by atoms with Crippen molar-refractivity contribution < 1.29 is 0 Å². The van der Waals surface area contributed by atoms with Gasteiger partial charge in [0.15, 0.2) is 0 Å². The lowest BCUT2D eigenvalue weighted by atomic mass is 10.1. The number of allylic oxidation sites excluding steroid dienone is 1. The second kappa shape index (κ2) is 4.08. The van der Waals surface area contributed by atoms with Crippen LogP contribution in [0.15, 0.2) is 11.6 Å². The summed E-state index contributed by atoms with van der Waals surface area (Å²) in [5, 5.41) is 3.59. The molecule has 2 aliphatic carbocycles. The van der Waals surface area contributed by atoms with Crippen molar-refractivity contribution in [3.63, 3.8) is 0 Å². The lowest BCUT2D eigenvalue weighted by Crippen LogP contribution is -2.19. The minimum Gasteiger partial charge on any atom is -0.310 e. The SMILES string of the molecule is C1=C(CNC2CC2)CCCCC1. The summed E-state index contributed by atoms with van der Waals surface area (Å²) in [5.41, 5.74) is 1.67. The van der Waals surface area contributed by atoms with Crippen LogP contribution in [0.3, 0.4) is 0 Å². The zero-order chi connectivity index (χ0) is 8.23. The molecule has 0 saturated heterocycles. The van der Waals surface area contributed by atoms with E-state index in [1.54, 1.807) is 5.57 Å². The summed E-state index contributed by atoms with van der Waals surface area (Å²) in [5.74, 6) is 0. The maximum atomic E-state index is 3.59. The molecule has 0 aromatic heterocycles. The van der Waals surface area contributed by atoms with Crippen molar-refractivity contribution in [3.05, 3.63) is 11.6 Å². The molecule has 2 aliphatic rings. The minimum absolute atomic E-state index is 0.870. The van der Waals surface area contributed by atoms with Crippen LogP contribution in [0.5, 0.6) is 0 Å². The summed E-state index contributed by atoms with van der Waals surface area (Å²) >= 11 is 0. The Hall–Kier alpha value is -0.300. The summed E-state index contributed by atoms with van der Waals surface area (Å²) < 4.78 is 0. The van der Waals surface area contributed by atoms with Gasteiger partial charge in [0.2, 0.25) is 0 Å². The van der Waals surface area contributed by atoms with E-state index in [2.05, 4.69) is 11.4 Å². The molecule has 0 amide bonds. The Kier molecular flexibility index (Phi) is 2.83. The minimum atomic E-state index is 0.870. The fourth-order valence-corrected chi connectivity index (χ4v) is 1.80. The van der Waals surface area contributed by atoms with Gasteiger partial charge in [0.05, 0.1) is 0 Å². The van der Waals surface area contributed by atoms with Crippen LogP contribution < -0.4 is 5.32 Å². The lowest BCUT2D eigenvalue weighted by Gasteiger charge is -2.05. The van der Waals surface area contributed by atoms with Gasteiger partial charge in [-0.25, -0.2) is 0 Å². The highest BCUT2D eigenvalue weighted by Crippen LogP contribution is 2.21. The van der Waals surface area contributed by atoms with Crippen LogP contribution >= 0.6 is 0 Å². The van der Waals surface area contributed by atoms with Crippen molar-refractivity contribution in [1.29, 1.82) is 0 Å². The molecule has 1 heteroatoms. The number of nitrogens with one attached hydrogen (secondary N) is 1. The average Bonchev–Trinajstić information content (AvgIpc) is 2.90. The third-order valence-corrected chi connectivity index (χ3v) is 2.83. The molecule has 0 aromatic carbocycles. The van der Waals surface area contributed by atoms with Crippen molar-refractivity contribution in [2.75, 3.05) is 6.54 Å². The molecular weight excluding hydrogens is 146 g/mol. The van der Waals surface area contributed by atoms with E-state index in [9.17, 15) is 0 Å². The topological polar surface area (TPSA) is 12.0 Å². The monoisotopic (exact) mass is 165 g/mol. The maximum Gasteiger partial charge on any atom is 0.0167 e. The summed E-state index contributed by atoms with van der Waals surface area (Å²) in [4.78, 5) is 0. The second-order valence-electron chi connectivity index (χ2n) is 4.12. The molecule has 68 valence electrons. The normalized spacial score (nSPS) is 24.8. The molecule has 0 bridgehead atoms. The number of hydrogen-bond donors (Lipinski definition) is 1. The summed E-state index contributed by atoms with van der Waals surface area (Å²) in [7, 11) is 0.